The molecule has 0 bridgehead atoms. The molecule has 2 aromatic heterocycles. The molecule has 0 spiro atoms. The van der Waals surface area contributed by atoms with Crippen LogP contribution < -0.4 is 0 Å². The third kappa shape index (κ3) is 3.81. The molecule has 1 aliphatic heterocycles. The molecule has 2 fully saturated rings. The van der Waals surface area contributed by atoms with Gasteiger partial charge in [0.15, 0.2) is 5.65 Å². The van der Waals surface area contributed by atoms with Crippen molar-refractivity contribution in [3.8, 4) is 0 Å². The standard InChI is InChI=1S/C23H26FN5O/c1-16-22-20(18-4-5-18)8-9-25-23(22)29(26-16)15-21(30)28-12-10-27(11-13-28)14-17-2-6-19(24)7-3-17/h2-3,6-9,18H,4-5,10-15H2,1H3. The van der Waals surface area contributed by atoms with Crippen molar-refractivity contribution in [1.82, 2.24) is 24.6 Å². The van der Waals surface area contributed by atoms with Crippen molar-refractivity contribution >= 4 is 16.9 Å². The highest BCUT2D eigenvalue weighted by molar-refractivity contribution is 5.85. The monoisotopic (exact) mass is 407 g/mol. The van der Waals surface area contributed by atoms with E-state index in [0.717, 1.165) is 41.9 Å². The van der Waals surface area contributed by atoms with Crippen LogP contribution in [0.15, 0.2) is 36.5 Å². The van der Waals surface area contributed by atoms with Gasteiger partial charge in [0.1, 0.15) is 12.4 Å². The van der Waals surface area contributed by atoms with Gasteiger partial charge in [-0.1, -0.05) is 12.1 Å². The zero-order chi connectivity index (χ0) is 20.7. The second kappa shape index (κ2) is 7.80. The maximum atomic E-state index is 13.1. The Morgan fingerprint density at radius 2 is 1.83 bits per heavy atom. The molecule has 30 heavy (non-hydrogen) atoms. The van der Waals surface area contributed by atoms with Gasteiger partial charge in [0.2, 0.25) is 5.91 Å². The Balaban J connectivity index is 1.22. The molecule has 1 saturated heterocycles. The SMILES string of the molecule is Cc1nn(CC(=O)N2CCN(Cc3ccc(F)cc3)CC2)c2nccc(C3CC3)c12. The lowest BCUT2D eigenvalue weighted by molar-refractivity contribution is -0.133. The average molecular weight is 407 g/mol. The van der Waals surface area contributed by atoms with E-state index in [1.165, 1.54) is 30.5 Å². The van der Waals surface area contributed by atoms with E-state index in [9.17, 15) is 9.18 Å². The molecule has 1 aromatic carbocycles. The lowest BCUT2D eigenvalue weighted by Crippen LogP contribution is -2.49. The minimum atomic E-state index is -0.214. The molecule has 1 saturated carbocycles. The van der Waals surface area contributed by atoms with E-state index in [4.69, 9.17) is 0 Å². The molecular formula is C23H26FN5O. The minimum absolute atomic E-state index is 0.0828. The molecule has 5 rings (SSSR count). The zero-order valence-corrected chi connectivity index (χ0v) is 17.2. The molecule has 1 aliphatic carbocycles. The molecule has 0 atom stereocenters. The molecule has 0 radical (unpaired) electrons. The number of aromatic nitrogens is 3. The third-order valence-electron chi connectivity index (χ3n) is 6.19. The fraction of sp³-hybridized carbons (Fsp3) is 0.435. The summed E-state index contributed by atoms with van der Waals surface area (Å²) in [6, 6.07) is 8.73. The van der Waals surface area contributed by atoms with Crippen LogP contribution in [0.4, 0.5) is 4.39 Å². The van der Waals surface area contributed by atoms with E-state index in [-0.39, 0.29) is 18.3 Å². The molecule has 2 aliphatic rings. The molecule has 7 heteroatoms. The second-order valence-electron chi connectivity index (χ2n) is 8.40. The zero-order valence-electron chi connectivity index (χ0n) is 17.2. The molecule has 0 N–H and O–H groups in total. The van der Waals surface area contributed by atoms with Gasteiger partial charge in [-0.15, -0.1) is 0 Å². The number of rotatable bonds is 5. The smallest absolute Gasteiger partial charge is 0.244 e. The number of benzene rings is 1. The number of fused-ring (bicyclic) bond motifs is 1. The maximum Gasteiger partial charge on any atom is 0.244 e. The Morgan fingerprint density at radius 1 is 1.10 bits per heavy atom. The van der Waals surface area contributed by atoms with Gasteiger partial charge in [0.05, 0.1) is 5.69 Å². The topological polar surface area (TPSA) is 54.3 Å². The Morgan fingerprint density at radius 3 is 2.53 bits per heavy atom. The highest BCUT2D eigenvalue weighted by Gasteiger charge is 2.28. The maximum absolute atomic E-state index is 13.1. The van der Waals surface area contributed by atoms with Crippen molar-refractivity contribution in [3.63, 3.8) is 0 Å². The number of halogens is 1. The van der Waals surface area contributed by atoms with Crippen LogP contribution >= 0.6 is 0 Å². The summed E-state index contributed by atoms with van der Waals surface area (Å²) in [6.07, 6.45) is 4.29. The number of hydrogen-bond donors (Lipinski definition) is 0. The molecule has 156 valence electrons. The van der Waals surface area contributed by atoms with E-state index >= 15 is 0 Å². The number of pyridine rings is 1. The van der Waals surface area contributed by atoms with Gasteiger partial charge >= 0.3 is 0 Å². The number of hydrogen-bond acceptors (Lipinski definition) is 4. The van der Waals surface area contributed by atoms with Crippen LogP contribution in [-0.2, 0) is 17.9 Å². The summed E-state index contributed by atoms with van der Waals surface area (Å²) in [5.41, 5.74) is 4.19. The second-order valence-corrected chi connectivity index (χ2v) is 8.40. The molecule has 1 amide bonds. The lowest BCUT2D eigenvalue weighted by atomic mass is 10.1. The number of carbonyl (C=O) groups is 1. The van der Waals surface area contributed by atoms with Crippen LogP contribution in [0.5, 0.6) is 0 Å². The van der Waals surface area contributed by atoms with Crippen molar-refractivity contribution in [2.45, 2.75) is 38.8 Å². The first-order valence-electron chi connectivity index (χ1n) is 10.6. The van der Waals surface area contributed by atoms with E-state index < -0.39 is 0 Å². The minimum Gasteiger partial charge on any atom is -0.339 e. The van der Waals surface area contributed by atoms with Crippen LogP contribution in [0.2, 0.25) is 0 Å². The van der Waals surface area contributed by atoms with Gasteiger partial charge in [0, 0.05) is 44.3 Å². The van der Waals surface area contributed by atoms with Crippen molar-refractivity contribution in [2.75, 3.05) is 26.2 Å². The highest BCUT2D eigenvalue weighted by atomic mass is 19.1. The van der Waals surface area contributed by atoms with Gasteiger partial charge < -0.3 is 4.90 Å². The summed E-state index contributed by atoms with van der Waals surface area (Å²) >= 11 is 0. The molecule has 6 nitrogen and oxygen atoms in total. The first-order chi connectivity index (χ1) is 14.6. The van der Waals surface area contributed by atoms with Crippen molar-refractivity contribution in [3.05, 3.63) is 59.2 Å². The first-order valence-corrected chi connectivity index (χ1v) is 10.6. The van der Waals surface area contributed by atoms with Crippen molar-refractivity contribution in [2.24, 2.45) is 0 Å². The van der Waals surface area contributed by atoms with Gasteiger partial charge in [0.25, 0.3) is 0 Å². The Hall–Kier alpha value is -2.80. The van der Waals surface area contributed by atoms with Crippen LogP contribution in [-0.4, -0.2) is 56.7 Å². The fourth-order valence-electron chi connectivity index (χ4n) is 4.39. The summed E-state index contributed by atoms with van der Waals surface area (Å²) in [6.45, 7) is 6.02. The number of piperazine rings is 1. The van der Waals surface area contributed by atoms with Gasteiger partial charge in [-0.2, -0.15) is 5.10 Å². The van der Waals surface area contributed by atoms with Crippen LogP contribution in [0.1, 0.15) is 35.6 Å². The van der Waals surface area contributed by atoms with Gasteiger partial charge in [-0.05, 0) is 55.0 Å². The largest absolute Gasteiger partial charge is 0.339 e. The van der Waals surface area contributed by atoms with Crippen molar-refractivity contribution in [1.29, 1.82) is 0 Å². The summed E-state index contributed by atoms with van der Waals surface area (Å²) < 4.78 is 14.8. The first kappa shape index (κ1) is 19.2. The predicted octanol–water partition coefficient (Wildman–Crippen LogP) is 3.10. The van der Waals surface area contributed by atoms with Gasteiger partial charge in [-0.3, -0.25) is 9.69 Å². The number of aryl methyl sites for hydroxylation is 1. The fourth-order valence-corrected chi connectivity index (χ4v) is 4.39. The number of carbonyl (C=O) groups excluding carboxylic acids is 1. The summed E-state index contributed by atoms with van der Waals surface area (Å²) in [7, 11) is 0. The Labute approximate surface area is 175 Å². The lowest BCUT2D eigenvalue weighted by Gasteiger charge is -2.34. The third-order valence-corrected chi connectivity index (χ3v) is 6.19. The van der Waals surface area contributed by atoms with Crippen LogP contribution in [0.25, 0.3) is 11.0 Å². The van der Waals surface area contributed by atoms with E-state index in [1.807, 2.05) is 30.2 Å². The summed E-state index contributed by atoms with van der Waals surface area (Å²) in [5.74, 6) is 0.491. The summed E-state index contributed by atoms with van der Waals surface area (Å²) in [4.78, 5) is 21.7. The quantitative estimate of drug-likeness (QED) is 0.652. The van der Waals surface area contributed by atoms with Crippen LogP contribution in [0.3, 0.4) is 0 Å². The molecule has 0 unspecified atom stereocenters. The molecule has 3 heterocycles. The van der Waals surface area contributed by atoms with Gasteiger partial charge in [-0.25, -0.2) is 14.1 Å². The van der Waals surface area contributed by atoms with Crippen molar-refractivity contribution < 1.29 is 9.18 Å². The summed E-state index contributed by atoms with van der Waals surface area (Å²) in [5, 5.41) is 5.76. The molecule has 3 aromatic rings. The van der Waals surface area contributed by atoms with E-state index in [0.29, 0.717) is 19.0 Å². The van der Waals surface area contributed by atoms with E-state index in [2.05, 4.69) is 21.0 Å². The van der Waals surface area contributed by atoms with E-state index in [1.54, 1.807) is 4.68 Å². The highest BCUT2D eigenvalue weighted by Crippen LogP contribution is 2.43. The Kier molecular flexibility index (Phi) is 4.98. The number of amides is 1. The predicted molar refractivity (Wildman–Crippen MR) is 112 cm³/mol. The van der Waals surface area contributed by atoms with Crippen LogP contribution in [0, 0.1) is 12.7 Å². The Bertz CT molecular complexity index is 1070. The average Bonchev–Trinajstić information content (AvgIpc) is 3.55. The molecular weight excluding hydrogens is 381 g/mol. The number of nitrogens with zero attached hydrogens (tertiary/aromatic N) is 5. The normalized spacial score (nSPS) is 17.6.